The molecule has 0 amide bonds. The van der Waals surface area contributed by atoms with Gasteiger partial charge in [-0.2, -0.15) is 5.26 Å². The SMILES string of the molecule is COc1ccccc1C[C@H](C)NCc1cc(C#N)n(C)c1C. The molecule has 22 heavy (non-hydrogen) atoms. The summed E-state index contributed by atoms with van der Waals surface area (Å²) in [6.45, 7) is 4.97. The number of rotatable bonds is 6. The third-order valence-electron chi connectivity index (χ3n) is 4.11. The van der Waals surface area contributed by atoms with Gasteiger partial charge in [-0.1, -0.05) is 18.2 Å². The van der Waals surface area contributed by atoms with Gasteiger partial charge in [0, 0.05) is 25.3 Å². The Hall–Kier alpha value is -2.25. The summed E-state index contributed by atoms with van der Waals surface area (Å²) in [6, 6.07) is 12.6. The molecule has 0 saturated carbocycles. The maximum atomic E-state index is 9.08. The van der Waals surface area contributed by atoms with Crippen LogP contribution < -0.4 is 10.1 Å². The van der Waals surface area contributed by atoms with Crippen LogP contribution in [0.5, 0.6) is 5.75 Å². The monoisotopic (exact) mass is 297 g/mol. The molecule has 2 aromatic rings. The minimum Gasteiger partial charge on any atom is -0.496 e. The molecule has 0 aliphatic carbocycles. The van der Waals surface area contributed by atoms with Gasteiger partial charge >= 0.3 is 0 Å². The molecule has 2 rings (SSSR count). The summed E-state index contributed by atoms with van der Waals surface area (Å²) < 4.78 is 7.33. The smallest absolute Gasteiger partial charge is 0.122 e. The van der Waals surface area contributed by atoms with E-state index in [2.05, 4.69) is 24.4 Å². The molecule has 1 N–H and O–H groups in total. The van der Waals surface area contributed by atoms with Gasteiger partial charge in [-0.05, 0) is 43.5 Å². The van der Waals surface area contributed by atoms with Crippen molar-refractivity contribution in [3.63, 3.8) is 0 Å². The number of ether oxygens (including phenoxy) is 1. The summed E-state index contributed by atoms with van der Waals surface area (Å²) in [5.74, 6) is 0.929. The van der Waals surface area contributed by atoms with Crippen LogP contribution in [0.3, 0.4) is 0 Å². The molecule has 0 aliphatic rings. The molecular weight excluding hydrogens is 274 g/mol. The van der Waals surface area contributed by atoms with E-state index in [0.29, 0.717) is 11.7 Å². The van der Waals surface area contributed by atoms with Gasteiger partial charge in [-0.3, -0.25) is 0 Å². The molecule has 1 aromatic carbocycles. The third kappa shape index (κ3) is 3.49. The van der Waals surface area contributed by atoms with Gasteiger partial charge in [0.1, 0.15) is 17.5 Å². The highest BCUT2D eigenvalue weighted by Crippen LogP contribution is 2.19. The van der Waals surface area contributed by atoms with Crippen molar-refractivity contribution in [1.82, 2.24) is 9.88 Å². The highest BCUT2D eigenvalue weighted by atomic mass is 16.5. The third-order valence-corrected chi connectivity index (χ3v) is 4.11. The first-order valence-corrected chi connectivity index (χ1v) is 7.47. The van der Waals surface area contributed by atoms with Gasteiger partial charge in [-0.25, -0.2) is 0 Å². The Morgan fingerprint density at radius 3 is 2.68 bits per heavy atom. The second-order valence-corrected chi connectivity index (χ2v) is 5.61. The Morgan fingerprint density at radius 1 is 1.32 bits per heavy atom. The Bertz CT molecular complexity index is 682. The van der Waals surface area contributed by atoms with Crippen molar-refractivity contribution in [3.8, 4) is 11.8 Å². The molecular formula is C18H23N3O. The van der Waals surface area contributed by atoms with E-state index in [1.807, 2.05) is 42.8 Å². The minimum absolute atomic E-state index is 0.321. The Morgan fingerprint density at radius 2 is 2.05 bits per heavy atom. The molecule has 4 nitrogen and oxygen atoms in total. The number of nitriles is 1. The number of aromatic nitrogens is 1. The van der Waals surface area contributed by atoms with E-state index in [1.54, 1.807) is 7.11 Å². The first kappa shape index (κ1) is 16.1. The normalized spacial score (nSPS) is 12.0. The predicted molar refractivity (Wildman–Crippen MR) is 87.9 cm³/mol. The van der Waals surface area contributed by atoms with E-state index in [9.17, 15) is 0 Å². The number of para-hydroxylation sites is 1. The van der Waals surface area contributed by atoms with Crippen molar-refractivity contribution in [2.45, 2.75) is 32.9 Å². The molecule has 0 spiro atoms. The molecule has 0 fully saturated rings. The summed E-state index contributed by atoms with van der Waals surface area (Å²) in [4.78, 5) is 0. The van der Waals surface area contributed by atoms with Crippen LogP contribution in [0.25, 0.3) is 0 Å². The maximum Gasteiger partial charge on any atom is 0.122 e. The standard InChI is InChI=1S/C18H23N3O/c1-13(9-15-7-5-6-8-18(15)22-4)20-12-16-10-17(11-19)21(3)14(16)2/h5-8,10,13,20H,9,12H2,1-4H3/t13-/m0/s1. The zero-order chi connectivity index (χ0) is 16.1. The largest absolute Gasteiger partial charge is 0.496 e. The lowest BCUT2D eigenvalue weighted by atomic mass is 10.1. The zero-order valence-corrected chi connectivity index (χ0v) is 13.7. The fourth-order valence-electron chi connectivity index (χ4n) is 2.61. The second kappa shape index (κ2) is 7.15. The van der Waals surface area contributed by atoms with Crippen LogP contribution in [0.2, 0.25) is 0 Å². The number of methoxy groups -OCH3 is 1. The van der Waals surface area contributed by atoms with Crippen molar-refractivity contribution in [2.24, 2.45) is 7.05 Å². The van der Waals surface area contributed by atoms with E-state index in [1.165, 1.54) is 11.1 Å². The number of hydrogen-bond acceptors (Lipinski definition) is 3. The summed E-state index contributed by atoms with van der Waals surface area (Å²) in [6.07, 6.45) is 0.904. The van der Waals surface area contributed by atoms with Crippen LogP contribution in [0.1, 0.15) is 29.4 Å². The highest BCUT2D eigenvalue weighted by Gasteiger charge is 2.11. The van der Waals surface area contributed by atoms with Gasteiger partial charge in [0.25, 0.3) is 0 Å². The van der Waals surface area contributed by atoms with Crippen LogP contribution in [0.4, 0.5) is 0 Å². The zero-order valence-electron chi connectivity index (χ0n) is 13.7. The average molecular weight is 297 g/mol. The molecule has 0 unspecified atom stereocenters. The topological polar surface area (TPSA) is 50.0 Å². The Labute approximate surface area is 132 Å². The number of nitrogens with zero attached hydrogens (tertiary/aromatic N) is 2. The van der Waals surface area contributed by atoms with Gasteiger partial charge in [0.2, 0.25) is 0 Å². The molecule has 0 aliphatic heterocycles. The molecule has 116 valence electrons. The lowest BCUT2D eigenvalue weighted by Gasteiger charge is -2.16. The van der Waals surface area contributed by atoms with Gasteiger partial charge in [0.05, 0.1) is 7.11 Å². The minimum atomic E-state index is 0.321. The quantitative estimate of drug-likeness (QED) is 0.892. The van der Waals surface area contributed by atoms with Crippen LogP contribution in [0, 0.1) is 18.3 Å². The van der Waals surface area contributed by atoms with Crippen LogP contribution in [-0.2, 0) is 20.0 Å². The van der Waals surface area contributed by atoms with Gasteiger partial charge in [-0.15, -0.1) is 0 Å². The van der Waals surface area contributed by atoms with E-state index >= 15 is 0 Å². The lowest BCUT2D eigenvalue weighted by molar-refractivity contribution is 0.406. The van der Waals surface area contributed by atoms with Crippen molar-refractivity contribution in [3.05, 3.63) is 52.8 Å². The molecule has 1 atom stereocenters. The van der Waals surface area contributed by atoms with Crippen molar-refractivity contribution in [1.29, 1.82) is 5.26 Å². The van der Waals surface area contributed by atoms with E-state index in [-0.39, 0.29) is 0 Å². The molecule has 1 aromatic heterocycles. The predicted octanol–water partition coefficient (Wildman–Crippen LogP) is 2.93. The molecule has 0 radical (unpaired) electrons. The summed E-state index contributed by atoms with van der Waals surface area (Å²) in [5, 5.41) is 12.6. The van der Waals surface area contributed by atoms with Crippen molar-refractivity contribution in [2.75, 3.05) is 7.11 Å². The second-order valence-electron chi connectivity index (χ2n) is 5.61. The van der Waals surface area contributed by atoms with E-state index in [4.69, 9.17) is 10.00 Å². The lowest BCUT2D eigenvalue weighted by Crippen LogP contribution is -2.27. The first-order chi connectivity index (χ1) is 10.6. The van der Waals surface area contributed by atoms with E-state index in [0.717, 1.165) is 24.4 Å². The van der Waals surface area contributed by atoms with Gasteiger partial charge in [0.15, 0.2) is 0 Å². The van der Waals surface area contributed by atoms with Crippen molar-refractivity contribution >= 4 is 0 Å². The number of nitrogens with one attached hydrogen (secondary N) is 1. The molecule has 1 heterocycles. The average Bonchev–Trinajstić information content (AvgIpc) is 2.81. The Balaban J connectivity index is 1.99. The molecule has 0 bridgehead atoms. The summed E-state index contributed by atoms with van der Waals surface area (Å²) in [7, 11) is 3.63. The van der Waals surface area contributed by atoms with E-state index < -0.39 is 0 Å². The fourth-order valence-corrected chi connectivity index (χ4v) is 2.61. The van der Waals surface area contributed by atoms with Crippen LogP contribution in [-0.4, -0.2) is 17.7 Å². The van der Waals surface area contributed by atoms with Crippen LogP contribution in [0.15, 0.2) is 30.3 Å². The molecule has 4 heteroatoms. The summed E-state index contributed by atoms with van der Waals surface area (Å²) >= 11 is 0. The Kier molecular flexibility index (Phi) is 5.24. The van der Waals surface area contributed by atoms with Gasteiger partial charge < -0.3 is 14.6 Å². The summed E-state index contributed by atoms with van der Waals surface area (Å²) in [5.41, 5.74) is 4.21. The number of hydrogen-bond donors (Lipinski definition) is 1. The molecule has 0 saturated heterocycles. The number of benzene rings is 1. The van der Waals surface area contributed by atoms with Crippen LogP contribution >= 0.6 is 0 Å². The van der Waals surface area contributed by atoms with Crippen molar-refractivity contribution < 1.29 is 4.74 Å². The maximum absolute atomic E-state index is 9.08. The highest BCUT2D eigenvalue weighted by molar-refractivity contribution is 5.35. The first-order valence-electron chi connectivity index (χ1n) is 7.47. The fraction of sp³-hybridized carbons (Fsp3) is 0.389.